The van der Waals surface area contributed by atoms with Crippen LogP contribution in [0, 0.1) is 11.3 Å². The van der Waals surface area contributed by atoms with Crippen LogP contribution in [0.3, 0.4) is 0 Å². The van der Waals surface area contributed by atoms with Crippen molar-refractivity contribution in [3.63, 3.8) is 0 Å². The van der Waals surface area contributed by atoms with E-state index in [0.29, 0.717) is 17.9 Å². The average Bonchev–Trinajstić information content (AvgIpc) is 3.07. The molecule has 0 amide bonds. The van der Waals surface area contributed by atoms with E-state index in [2.05, 4.69) is 34.6 Å². The minimum absolute atomic E-state index is 0.0352. The standard InChI is InChI=1S/C39H57FN3O6S2Si/c1-11-12-13-14-27-30(25-15-17-26(18-16-25)33(40)44)28(32(24(4)5)43-31(27)23(2)3)21-38-37(41,19-20-50-9)34(45)47-52(49-38)48-35(46)39(38,42)29(22-51-10)36(6,7)8/h15-18,23-24,29H,11-14,19-22,41-42H2,1-10H3. The first kappa shape index (κ1) is 42.4. The molecule has 13 heteroatoms. The maximum Gasteiger partial charge on any atom is 0.741 e. The number of fused-ring (bicyclic) bond motifs is 2. The van der Waals surface area contributed by atoms with Gasteiger partial charge in [0.2, 0.25) is 0 Å². The van der Waals surface area contributed by atoms with Crippen LogP contribution in [0.5, 0.6) is 0 Å². The largest absolute Gasteiger partial charge is 0.741 e. The van der Waals surface area contributed by atoms with E-state index in [0.717, 1.165) is 52.9 Å². The second-order valence-corrected chi connectivity index (χ2v) is 18.9. The van der Waals surface area contributed by atoms with E-state index < -0.39 is 55.5 Å². The topological polar surface area (TPSA) is 144 Å². The maximum absolute atomic E-state index is 14.7. The van der Waals surface area contributed by atoms with Gasteiger partial charge in [0.05, 0.1) is 5.56 Å². The highest BCUT2D eigenvalue weighted by Gasteiger charge is 2.78. The molecular formula is C39H57FN3O6S2Si. The van der Waals surface area contributed by atoms with Crippen LogP contribution < -0.4 is 11.5 Å². The number of nitrogens with zero attached hydrogens (tertiary/aromatic N) is 1. The Balaban J connectivity index is 2.23. The van der Waals surface area contributed by atoms with Crippen molar-refractivity contribution in [3.8, 4) is 11.1 Å². The molecule has 2 aliphatic rings. The summed E-state index contributed by atoms with van der Waals surface area (Å²) < 4.78 is 32.4. The van der Waals surface area contributed by atoms with E-state index in [-0.39, 0.29) is 30.2 Å². The van der Waals surface area contributed by atoms with Crippen LogP contribution in [0.4, 0.5) is 4.39 Å². The highest BCUT2D eigenvalue weighted by atomic mass is 32.2. The van der Waals surface area contributed by atoms with Gasteiger partial charge in [0.1, 0.15) is 16.7 Å². The molecule has 0 aliphatic carbocycles. The van der Waals surface area contributed by atoms with Crippen LogP contribution in [-0.4, -0.2) is 73.2 Å². The maximum atomic E-state index is 14.7. The number of aromatic nitrogens is 1. The molecule has 9 nitrogen and oxygen atoms in total. The molecule has 287 valence electrons. The van der Waals surface area contributed by atoms with Gasteiger partial charge in [-0.05, 0) is 94.9 Å². The Bertz CT molecular complexity index is 1640. The summed E-state index contributed by atoms with van der Waals surface area (Å²) in [6, 6.07) is 4.97. The molecule has 4 N–H and O–H groups in total. The number of unbranched alkanes of at least 4 members (excludes halogenated alkanes) is 2. The summed E-state index contributed by atoms with van der Waals surface area (Å²) in [5.74, 6) is -1.06. The van der Waals surface area contributed by atoms with Crippen molar-refractivity contribution in [1.29, 1.82) is 0 Å². The highest BCUT2D eigenvalue weighted by Crippen LogP contribution is 2.55. The third kappa shape index (κ3) is 7.64. The van der Waals surface area contributed by atoms with Crippen LogP contribution in [0.2, 0.25) is 0 Å². The lowest BCUT2D eigenvalue weighted by molar-refractivity contribution is -0.218. The molecule has 2 aromatic rings. The average molecular weight is 775 g/mol. The zero-order chi connectivity index (χ0) is 38.8. The zero-order valence-electron chi connectivity index (χ0n) is 32.4. The number of benzene rings is 1. The number of rotatable bonds is 16. The lowest BCUT2D eigenvalue weighted by Gasteiger charge is -2.62. The molecule has 1 radical (unpaired) electrons. The molecule has 4 rings (SSSR count). The summed E-state index contributed by atoms with van der Waals surface area (Å²) in [6.07, 6.45) is 7.59. The summed E-state index contributed by atoms with van der Waals surface area (Å²) in [5.41, 5.74) is 14.0. The first-order valence-corrected chi connectivity index (χ1v) is 22.3. The summed E-state index contributed by atoms with van der Waals surface area (Å²) >= 11 is 3.07. The van der Waals surface area contributed by atoms with Crippen LogP contribution in [-0.2, 0) is 35.7 Å². The smallest absolute Gasteiger partial charge is 0.459 e. The normalized spacial score (nSPS) is 24.3. The Hall–Kier alpha value is -2.29. The van der Waals surface area contributed by atoms with E-state index in [4.69, 9.17) is 29.7 Å². The highest BCUT2D eigenvalue weighted by molar-refractivity contribution is 7.98. The number of halogens is 1. The minimum Gasteiger partial charge on any atom is -0.459 e. The fourth-order valence-electron chi connectivity index (χ4n) is 7.98. The number of thioether (sulfide) groups is 2. The Morgan fingerprint density at radius 1 is 0.942 bits per heavy atom. The second-order valence-electron chi connectivity index (χ2n) is 15.9. The summed E-state index contributed by atoms with van der Waals surface area (Å²) in [7, 11) is -2.93. The van der Waals surface area contributed by atoms with Gasteiger partial charge in [-0.3, -0.25) is 19.4 Å². The predicted molar refractivity (Wildman–Crippen MR) is 210 cm³/mol. The van der Waals surface area contributed by atoms with Crippen molar-refractivity contribution in [2.24, 2.45) is 22.8 Å². The lowest BCUT2D eigenvalue weighted by Crippen LogP contribution is -2.90. The first-order chi connectivity index (χ1) is 24.3. The van der Waals surface area contributed by atoms with Gasteiger partial charge in [0.15, 0.2) is 0 Å². The predicted octanol–water partition coefficient (Wildman–Crippen LogP) is 7.41. The summed E-state index contributed by atoms with van der Waals surface area (Å²) in [4.78, 5) is 46.2. The van der Waals surface area contributed by atoms with Gasteiger partial charge in [0.25, 0.3) is 0 Å². The summed E-state index contributed by atoms with van der Waals surface area (Å²) in [6.45, 7) is 16.6. The zero-order valence-corrected chi connectivity index (χ0v) is 35.1. The second kappa shape index (κ2) is 16.6. The van der Waals surface area contributed by atoms with Crippen molar-refractivity contribution in [2.75, 3.05) is 24.0 Å². The van der Waals surface area contributed by atoms with Gasteiger partial charge < -0.3 is 24.7 Å². The lowest BCUT2D eigenvalue weighted by atomic mass is 9.55. The number of carbonyl (C=O) groups is 3. The fourth-order valence-corrected chi connectivity index (χ4v) is 11.1. The van der Waals surface area contributed by atoms with Crippen molar-refractivity contribution in [1.82, 2.24) is 4.98 Å². The van der Waals surface area contributed by atoms with Gasteiger partial charge in [-0.15, -0.1) is 0 Å². The SMILES string of the molecule is CCCCCc1c(C(C)C)nc(C(C)C)c(CC23O[Si](OC(=O)C2(N)CCSC)OC(=O)C3(N)C(CSC)C(C)(C)C)c1-c1ccc(C(=O)F)cc1. The molecule has 4 atom stereocenters. The van der Waals surface area contributed by atoms with Gasteiger partial charge in [-0.2, -0.15) is 27.9 Å². The number of nitrogens with two attached hydrogens (primary N) is 2. The molecule has 4 unspecified atom stereocenters. The van der Waals surface area contributed by atoms with E-state index in [1.807, 2.05) is 33.3 Å². The van der Waals surface area contributed by atoms with Gasteiger partial charge in [-0.1, -0.05) is 80.4 Å². The quantitative estimate of drug-likeness (QED) is 0.100. The van der Waals surface area contributed by atoms with Gasteiger partial charge in [-0.25, -0.2) is 0 Å². The molecule has 0 spiro atoms. The molecular weight excluding hydrogens is 718 g/mol. The Kier molecular flexibility index (Phi) is 13.6. The molecule has 1 aromatic carbocycles. The van der Waals surface area contributed by atoms with Crippen molar-refractivity contribution >= 4 is 51.0 Å². The molecule has 1 aromatic heterocycles. The molecule has 2 saturated heterocycles. The van der Waals surface area contributed by atoms with E-state index in [1.165, 1.54) is 23.9 Å². The Labute approximate surface area is 319 Å². The molecule has 52 heavy (non-hydrogen) atoms. The van der Waals surface area contributed by atoms with Crippen LogP contribution in [0.1, 0.15) is 126 Å². The molecule has 2 fully saturated rings. The van der Waals surface area contributed by atoms with Gasteiger partial charge in [0, 0.05) is 23.7 Å². The van der Waals surface area contributed by atoms with Gasteiger partial charge >= 0.3 is 27.5 Å². The third-order valence-electron chi connectivity index (χ3n) is 10.7. The van der Waals surface area contributed by atoms with Crippen LogP contribution >= 0.6 is 23.5 Å². The van der Waals surface area contributed by atoms with Crippen LogP contribution in [0.25, 0.3) is 11.1 Å². The van der Waals surface area contributed by atoms with Crippen molar-refractivity contribution < 1.29 is 32.1 Å². The molecule has 2 aliphatic heterocycles. The van der Waals surface area contributed by atoms with Crippen molar-refractivity contribution in [2.45, 2.75) is 122 Å². The third-order valence-corrected chi connectivity index (χ3v) is 13.2. The van der Waals surface area contributed by atoms with Crippen molar-refractivity contribution in [3.05, 3.63) is 52.3 Å². The van der Waals surface area contributed by atoms with E-state index in [1.54, 1.807) is 23.9 Å². The molecule has 0 saturated carbocycles. The molecule has 2 bridgehead atoms. The Morgan fingerprint density at radius 3 is 2.06 bits per heavy atom. The monoisotopic (exact) mass is 774 g/mol. The number of hydrogen-bond acceptors (Lipinski definition) is 11. The number of carbonyl (C=O) groups excluding carboxylic acids is 3. The number of hydrogen-bond donors (Lipinski definition) is 2. The minimum atomic E-state index is -2.93. The van der Waals surface area contributed by atoms with Crippen LogP contribution in [0.15, 0.2) is 24.3 Å². The number of pyridine rings is 1. The van der Waals surface area contributed by atoms with E-state index >= 15 is 0 Å². The Morgan fingerprint density at radius 2 is 1.54 bits per heavy atom. The fraction of sp³-hybridized carbons (Fsp3) is 0.641. The first-order valence-electron chi connectivity index (χ1n) is 18.3. The molecule has 3 heterocycles. The van der Waals surface area contributed by atoms with E-state index in [9.17, 15) is 18.8 Å². The summed E-state index contributed by atoms with van der Waals surface area (Å²) in [5, 5.41) is 0.